The lowest BCUT2D eigenvalue weighted by Gasteiger charge is -2.12. The van der Waals surface area contributed by atoms with Gasteiger partial charge in [0.2, 0.25) is 11.0 Å². The highest BCUT2D eigenvalue weighted by Gasteiger charge is 2.23. The van der Waals surface area contributed by atoms with Crippen LogP contribution in [0.25, 0.3) is 10.6 Å². The van der Waals surface area contributed by atoms with Crippen LogP contribution in [0.2, 0.25) is 0 Å². The first kappa shape index (κ1) is 18.8. The van der Waals surface area contributed by atoms with Crippen molar-refractivity contribution < 1.29 is 9.72 Å². The number of hydrogen-bond donors (Lipinski definition) is 1. The molecular formula is C15H15N5O3S3. The molecule has 2 heterocycles. The summed E-state index contributed by atoms with van der Waals surface area (Å²) in [5.41, 5.74) is 0.580. The van der Waals surface area contributed by atoms with E-state index in [2.05, 4.69) is 20.5 Å². The Morgan fingerprint density at radius 2 is 2.31 bits per heavy atom. The van der Waals surface area contributed by atoms with Gasteiger partial charge in [0.15, 0.2) is 0 Å². The summed E-state index contributed by atoms with van der Waals surface area (Å²) in [7, 11) is 0. The van der Waals surface area contributed by atoms with Crippen molar-refractivity contribution in [3.05, 3.63) is 34.4 Å². The monoisotopic (exact) mass is 409 g/mol. The van der Waals surface area contributed by atoms with Gasteiger partial charge in [-0.25, -0.2) is 0 Å². The molecule has 3 rings (SSSR count). The van der Waals surface area contributed by atoms with Gasteiger partial charge in [0.1, 0.15) is 9.38 Å². The Morgan fingerprint density at radius 1 is 1.46 bits per heavy atom. The third-order valence-electron chi connectivity index (χ3n) is 3.42. The Balaban J connectivity index is 1.68. The molecule has 0 radical (unpaired) electrons. The highest BCUT2D eigenvalue weighted by atomic mass is 32.2. The summed E-state index contributed by atoms with van der Waals surface area (Å²) in [5.74, 6) is 0.818. The molecule has 0 saturated carbocycles. The quantitative estimate of drug-likeness (QED) is 0.572. The number of nitrogens with zero attached hydrogens (tertiary/aromatic N) is 4. The first-order valence-corrected chi connectivity index (χ1v) is 10.5. The smallest absolute Gasteiger partial charge is 0.270 e. The van der Waals surface area contributed by atoms with E-state index in [-0.39, 0.29) is 16.8 Å². The van der Waals surface area contributed by atoms with Gasteiger partial charge in [0, 0.05) is 23.4 Å². The molecular weight excluding hydrogens is 394 g/mol. The summed E-state index contributed by atoms with van der Waals surface area (Å²) >= 11 is 4.32. The zero-order valence-corrected chi connectivity index (χ0v) is 16.2. The van der Waals surface area contributed by atoms with Gasteiger partial charge in [-0.15, -0.1) is 10.2 Å². The number of carbonyl (C=O) groups excluding carboxylic acids is 1. The Morgan fingerprint density at radius 3 is 3.00 bits per heavy atom. The van der Waals surface area contributed by atoms with Crippen LogP contribution in [-0.4, -0.2) is 43.0 Å². The number of nitro groups is 1. The van der Waals surface area contributed by atoms with E-state index >= 15 is 0 Å². The van der Waals surface area contributed by atoms with Crippen LogP contribution in [0.1, 0.15) is 13.3 Å². The van der Waals surface area contributed by atoms with Crippen molar-refractivity contribution in [1.82, 2.24) is 10.2 Å². The summed E-state index contributed by atoms with van der Waals surface area (Å²) in [6, 6.07) is 6.17. The molecule has 2 aromatic rings. The Bertz CT molecular complexity index is 855. The number of amides is 1. The number of rotatable bonds is 6. The maximum absolute atomic E-state index is 12.5. The van der Waals surface area contributed by atoms with Gasteiger partial charge in [-0.3, -0.25) is 25.2 Å². The van der Waals surface area contributed by atoms with Crippen LogP contribution < -0.4 is 5.32 Å². The largest absolute Gasteiger partial charge is 0.300 e. The van der Waals surface area contributed by atoms with E-state index in [0.29, 0.717) is 22.1 Å². The molecule has 26 heavy (non-hydrogen) atoms. The molecule has 8 nitrogen and oxygen atoms in total. The Hall–Kier alpha value is -1.98. The van der Waals surface area contributed by atoms with Crippen LogP contribution in [0.3, 0.4) is 0 Å². The summed E-state index contributed by atoms with van der Waals surface area (Å²) in [6.45, 7) is 2.75. The molecule has 1 atom stereocenters. The molecule has 1 aromatic carbocycles. The predicted octanol–water partition coefficient (Wildman–Crippen LogP) is 3.67. The summed E-state index contributed by atoms with van der Waals surface area (Å²) in [4.78, 5) is 27.3. The molecule has 0 spiro atoms. The number of thioether (sulfide) groups is 2. The minimum atomic E-state index is -0.458. The number of aliphatic imine (C=N–C) groups is 1. The second kappa shape index (κ2) is 8.60. The Kier molecular flexibility index (Phi) is 6.22. The molecule has 1 amide bonds. The zero-order valence-electron chi connectivity index (χ0n) is 13.7. The maximum Gasteiger partial charge on any atom is 0.270 e. The molecule has 0 aliphatic carbocycles. The van der Waals surface area contributed by atoms with Crippen molar-refractivity contribution in [2.75, 3.05) is 17.6 Å². The molecule has 1 N–H and O–H groups in total. The number of anilines is 1. The number of aromatic nitrogens is 2. The highest BCUT2D eigenvalue weighted by Crippen LogP contribution is 2.31. The van der Waals surface area contributed by atoms with Crippen LogP contribution in [0, 0.1) is 10.1 Å². The highest BCUT2D eigenvalue weighted by molar-refractivity contribution is 8.39. The summed E-state index contributed by atoms with van der Waals surface area (Å²) < 4.78 is 0.946. The lowest BCUT2D eigenvalue weighted by atomic mass is 10.2. The molecule has 1 aliphatic rings. The molecule has 11 heteroatoms. The minimum Gasteiger partial charge on any atom is -0.300 e. The first-order valence-electron chi connectivity index (χ1n) is 7.80. The molecule has 1 aromatic heterocycles. The lowest BCUT2D eigenvalue weighted by molar-refractivity contribution is -0.384. The van der Waals surface area contributed by atoms with Crippen molar-refractivity contribution >= 4 is 56.0 Å². The van der Waals surface area contributed by atoms with E-state index < -0.39 is 4.92 Å². The summed E-state index contributed by atoms with van der Waals surface area (Å²) in [6.07, 6.45) is 0.673. The predicted molar refractivity (Wildman–Crippen MR) is 107 cm³/mol. The van der Waals surface area contributed by atoms with Gasteiger partial charge in [0.25, 0.3) is 5.69 Å². The lowest BCUT2D eigenvalue weighted by Crippen LogP contribution is -2.25. The number of nitrogens with one attached hydrogen (secondary N) is 1. The second-order valence-corrected chi connectivity index (χ2v) is 8.73. The van der Waals surface area contributed by atoms with Crippen molar-refractivity contribution in [2.24, 2.45) is 4.99 Å². The van der Waals surface area contributed by atoms with Crippen LogP contribution in [0.4, 0.5) is 10.8 Å². The Labute approximate surface area is 162 Å². The van der Waals surface area contributed by atoms with E-state index in [9.17, 15) is 14.9 Å². The van der Waals surface area contributed by atoms with Crippen molar-refractivity contribution in [3.8, 4) is 10.6 Å². The molecule has 1 unspecified atom stereocenters. The van der Waals surface area contributed by atoms with E-state index in [1.807, 2.05) is 6.92 Å². The topological polar surface area (TPSA) is 110 Å². The van der Waals surface area contributed by atoms with Gasteiger partial charge in [0.05, 0.1) is 16.7 Å². The van der Waals surface area contributed by atoms with Crippen molar-refractivity contribution in [2.45, 2.75) is 18.6 Å². The average molecular weight is 410 g/mol. The fourth-order valence-electron chi connectivity index (χ4n) is 2.16. The third-order valence-corrected chi connectivity index (χ3v) is 6.88. The fourth-order valence-corrected chi connectivity index (χ4v) is 5.05. The number of non-ortho nitro benzene ring substituents is 1. The second-order valence-electron chi connectivity index (χ2n) is 5.22. The normalized spacial score (nSPS) is 14.7. The van der Waals surface area contributed by atoms with Crippen LogP contribution >= 0.6 is 34.9 Å². The number of hydrogen-bond acceptors (Lipinski definition) is 9. The SMILES string of the molecule is CCC(SC1=NCCS1)C(=O)Nc1nnc(-c2cccc([N+](=O)[O-])c2)s1. The third kappa shape index (κ3) is 4.59. The summed E-state index contributed by atoms with van der Waals surface area (Å²) in [5, 5.41) is 22.3. The first-order chi connectivity index (χ1) is 12.6. The molecule has 1 aliphatic heterocycles. The van der Waals surface area contributed by atoms with Crippen molar-refractivity contribution in [3.63, 3.8) is 0 Å². The van der Waals surface area contributed by atoms with Crippen LogP contribution in [0.15, 0.2) is 29.3 Å². The van der Waals surface area contributed by atoms with Gasteiger partial charge >= 0.3 is 0 Å². The number of benzene rings is 1. The molecule has 0 saturated heterocycles. The van der Waals surface area contributed by atoms with E-state index in [1.54, 1.807) is 23.9 Å². The van der Waals surface area contributed by atoms with Crippen LogP contribution in [0.5, 0.6) is 0 Å². The molecule has 0 bridgehead atoms. The van der Waals surface area contributed by atoms with Crippen LogP contribution in [-0.2, 0) is 4.79 Å². The minimum absolute atomic E-state index is 0.0134. The van der Waals surface area contributed by atoms with Gasteiger partial charge in [-0.05, 0) is 6.42 Å². The zero-order chi connectivity index (χ0) is 18.5. The van der Waals surface area contributed by atoms with Gasteiger partial charge in [-0.2, -0.15) is 0 Å². The number of carbonyl (C=O) groups is 1. The maximum atomic E-state index is 12.5. The van der Waals surface area contributed by atoms with E-state index in [1.165, 1.54) is 35.2 Å². The standard InChI is InChI=1S/C15H15N5O3S3/c1-2-11(25-15-16-6-7-24-15)12(21)17-14-19-18-13(26-14)9-4-3-5-10(8-9)20(22)23/h3-5,8,11H,2,6-7H2,1H3,(H,17,19,21). The van der Waals surface area contributed by atoms with Crippen molar-refractivity contribution in [1.29, 1.82) is 0 Å². The average Bonchev–Trinajstić information content (AvgIpc) is 3.31. The molecule has 0 fully saturated rings. The van der Waals surface area contributed by atoms with E-state index in [4.69, 9.17) is 0 Å². The van der Waals surface area contributed by atoms with E-state index in [0.717, 1.165) is 16.7 Å². The van der Waals surface area contributed by atoms with Gasteiger partial charge < -0.3 is 0 Å². The number of nitro benzene ring substituents is 1. The molecule has 136 valence electrons. The fraction of sp³-hybridized carbons (Fsp3) is 0.333. The van der Waals surface area contributed by atoms with Gasteiger partial charge in [-0.1, -0.05) is 53.9 Å².